The van der Waals surface area contributed by atoms with Crippen molar-refractivity contribution in [3.63, 3.8) is 0 Å². The second-order valence-corrected chi connectivity index (χ2v) is 17.2. The number of carbonyl (C=O) groups excluding carboxylic acids is 1. The lowest BCUT2D eigenvalue weighted by atomic mass is 9.55. The molecule has 1 aliphatic heterocycles. The molecule has 6 rings (SSSR count). The minimum Gasteiger partial charge on any atom is -0.493 e. The van der Waals surface area contributed by atoms with Crippen molar-refractivity contribution in [1.82, 2.24) is 4.90 Å². The fourth-order valence-corrected chi connectivity index (χ4v) is 10.1. The molecule has 0 aromatic heterocycles. The lowest BCUT2D eigenvalue weighted by Crippen LogP contribution is -2.70. The van der Waals surface area contributed by atoms with Crippen LogP contribution in [0.15, 0.2) is 113 Å². The predicted molar refractivity (Wildman–Crippen MR) is 244 cm³/mol. The summed E-state index contributed by atoms with van der Waals surface area (Å²) < 4.78 is 32.7. The number of aliphatic hydroxyl groups excluding tert-OH is 2. The molecule has 0 spiro atoms. The van der Waals surface area contributed by atoms with Crippen LogP contribution in [0.3, 0.4) is 0 Å². The van der Waals surface area contributed by atoms with Gasteiger partial charge in [0.15, 0.2) is 0 Å². The van der Waals surface area contributed by atoms with E-state index >= 15 is 0 Å². The maximum atomic E-state index is 14.4. The number of rotatable bonds is 26. The van der Waals surface area contributed by atoms with Crippen LogP contribution >= 0.6 is 11.8 Å². The largest absolute Gasteiger partial charge is 0.493 e. The van der Waals surface area contributed by atoms with Crippen LogP contribution in [0, 0.1) is 17.8 Å². The molecule has 1 amide bonds. The monoisotopic (exact) mass is 870 g/mol. The van der Waals surface area contributed by atoms with Crippen LogP contribution in [0.4, 0.5) is 4.79 Å². The summed E-state index contributed by atoms with van der Waals surface area (Å²) in [6.45, 7) is 10.4. The molecule has 6 unspecified atom stereocenters. The Bertz CT molecular complexity index is 1900. The summed E-state index contributed by atoms with van der Waals surface area (Å²) in [5.74, 6) is 0.529. The molecule has 1 fully saturated rings. The van der Waals surface area contributed by atoms with Crippen LogP contribution in [0.2, 0.25) is 0 Å². The second-order valence-electron chi connectivity index (χ2n) is 16.0. The number of thioether (sulfide) groups is 1. The molecule has 0 radical (unpaired) electrons. The summed E-state index contributed by atoms with van der Waals surface area (Å²) in [5.41, 5.74) is 3.81. The van der Waals surface area contributed by atoms with Gasteiger partial charge in [-0.1, -0.05) is 85.6 Å². The molecule has 1 saturated carbocycles. The fraction of sp³-hybridized carbons (Fsp3) is 0.520. The third kappa shape index (κ3) is 11.8. The SMILES string of the molecule is C=CCOC12Oc3ccc(OCCSc4ccccc4)cc3C3C(CCCCO)C(CCCCO)C=C(C(=NOCC)CC1N(CCC)C(=O)OCCOCc1ccccc1)C32. The molecule has 3 aromatic rings. The van der Waals surface area contributed by atoms with E-state index in [1.54, 1.807) is 22.7 Å². The highest BCUT2D eigenvalue weighted by Gasteiger charge is 2.65. The van der Waals surface area contributed by atoms with Gasteiger partial charge in [0.1, 0.15) is 30.8 Å². The van der Waals surface area contributed by atoms with Gasteiger partial charge in [0, 0.05) is 48.3 Å². The molecule has 3 aliphatic rings. The van der Waals surface area contributed by atoms with Crippen LogP contribution in [0.25, 0.3) is 0 Å². The van der Waals surface area contributed by atoms with E-state index in [0.29, 0.717) is 57.8 Å². The van der Waals surface area contributed by atoms with Gasteiger partial charge in [-0.25, -0.2) is 4.79 Å². The van der Waals surface area contributed by atoms with Crippen LogP contribution in [0.1, 0.15) is 82.3 Å². The Morgan fingerprint density at radius 1 is 0.968 bits per heavy atom. The average molecular weight is 871 g/mol. The van der Waals surface area contributed by atoms with E-state index in [2.05, 4.69) is 30.9 Å². The average Bonchev–Trinajstić information content (AvgIpc) is 3.30. The highest BCUT2D eigenvalue weighted by atomic mass is 32.2. The van der Waals surface area contributed by atoms with Crippen molar-refractivity contribution in [2.75, 3.05) is 58.5 Å². The van der Waals surface area contributed by atoms with Gasteiger partial charge in [-0.15, -0.1) is 18.3 Å². The zero-order valence-corrected chi connectivity index (χ0v) is 37.4. The highest BCUT2D eigenvalue weighted by Crippen LogP contribution is 2.62. The normalized spacial score (nSPS) is 23.1. The molecule has 62 heavy (non-hydrogen) atoms. The van der Waals surface area contributed by atoms with E-state index in [-0.39, 0.29) is 50.8 Å². The van der Waals surface area contributed by atoms with Gasteiger partial charge >= 0.3 is 6.09 Å². The van der Waals surface area contributed by atoms with E-state index in [4.69, 9.17) is 33.7 Å². The minimum absolute atomic E-state index is 0.0784. The van der Waals surface area contributed by atoms with E-state index in [0.717, 1.165) is 59.6 Å². The van der Waals surface area contributed by atoms with Crippen LogP contribution in [0.5, 0.6) is 11.5 Å². The molecule has 11 nitrogen and oxygen atoms in total. The number of fused-ring (bicyclic) bond motifs is 2. The summed E-state index contributed by atoms with van der Waals surface area (Å²) in [5, 5.41) is 24.6. The number of aliphatic hydroxyl groups is 2. The number of unbranched alkanes of at least 4 members (excludes halogenated alkanes) is 2. The number of allylic oxidation sites excluding steroid dienone is 1. The van der Waals surface area contributed by atoms with E-state index in [9.17, 15) is 15.0 Å². The van der Waals surface area contributed by atoms with Crippen LogP contribution in [-0.2, 0) is 25.7 Å². The molecular formula is C50H66N2O9S. The van der Waals surface area contributed by atoms with Crippen molar-refractivity contribution in [2.45, 2.75) is 94.5 Å². The summed E-state index contributed by atoms with van der Waals surface area (Å²) >= 11 is 1.75. The second kappa shape index (κ2) is 24.5. The topological polar surface area (TPSA) is 129 Å². The lowest BCUT2D eigenvalue weighted by Gasteiger charge is -2.59. The van der Waals surface area contributed by atoms with Crippen molar-refractivity contribution >= 4 is 23.6 Å². The highest BCUT2D eigenvalue weighted by molar-refractivity contribution is 7.99. The quantitative estimate of drug-likeness (QED) is 0.0349. The number of amides is 1. The van der Waals surface area contributed by atoms with Gasteiger partial charge < -0.3 is 38.7 Å². The summed E-state index contributed by atoms with van der Waals surface area (Å²) in [7, 11) is 0. The van der Waals surface area contributed by atoms with Crippen molar-refractivity contribution < 1.29 is 43.5 Å². The number of hydrogen-bond acceptors (Lipinski definition) is 11. The van der Waals surface area contributed by atoms with Gasteiger partial charge in [0.2, 0.25) is 5.79 Å². The van der Waals surface area contributed by atoms with Gasteiger partial charge in [0.25, 0.3) is 0 Å². The molecule has 2 N–H and O–H groups in total. The number of benzene rings is 3. The van der Waals surface area contributed by atoms with E-state index < -0.39 is 23.8 Å². The van der Waals surface area contributed by atoms with Gasteiger partial charge in [-0.05, 0) is 92.3 Å². The smallest absolute Gasteiger partial charge is 0.410 e. The molecule has 6 atom stereocenters. The van der Waals surface area contributed by atoms with Crippen molar-refractivity contribution in [2.24, 2.45) is 22.9 Å². The third-order valence-electron chi connectivity index (χ3n) is 12.0. The predicted octanol–water partition coefficient (Wildman–Crippen LogP) is 9.58. The Morgan fingerprint density at radius 3 is 2.45 bits per heavy atom. The summed E-state index contributed by atoms with van der Waals surface area (Å²) in [4.78, 5) is 23.3. The van der Waals surface area contributed by atoms with Crippen LogP contribution < -0.4 is 9.47 Å². The first-order chi connectivity index (χ1) is 30.5. The molecule has 336 valence electrons. The Hall–Kier alpha value is -4.33. The van der Waals surface area contributed by atoms with Gasteiger partial charge in [0.05, 0.1) is 38.1 Å². The number of nitrogens with zero attached hydrogens (tertiary/aromatic N) is 2. The Kier molecular flexibility index (Phi) is 18.6. The Morgan fingerprint density at radius 2 is 1.73 bits per heavy atom. The molecular weight excluding hydrogens is 805 g/mol. The van der Waals surface area contributed by atoms with Gasteiger partial charge in [-0.2, -0.15) is 0 Å². The number of carbonyl (C=O) groups is 1. The molecule has 0 saturated heterocycles. The fourth-order valence-electron chi connectivity index (χ4n) is 9.37. The number of hydrogen-bond donors (Lipinski definition) is 2. The van der Waals surface area contributed by atoms with Crippen LogP contribution in [-0.4, -0.2) is 97.3 Å². The first kappa shape index (κ1) is 47.2. The maximum absolute atomic E-state index is 14.4. The molecule has 12 heteroatoms. The standard InChI is InChI=1S/C50H66N2O9S/c1-4-25-52(49(55)58-30-29-56-36-37-17-9-7-10-18-37)46-35-44(51-60-6-3)42-33-38(19-13-15-26-53)41(22-14-16-27-54)47-43-34-39(57-31-32-62-40-20-11-8-12-21-40)23-24-45(43)61-50(46,48(42)47)59-28-5-2/h5,7-12,17-18,20-21,23-24,33-34,38,41,46-48,53-54H,2,4,6,13-16,19,22,25-32,35-36H2,1,3H3. The third-order valence-corrected chi connectivity index (χ3v) is 12.9. The molecule has 2 aliphatic carbocycles. The maximum Gasteiger partial charge on any atom is 0.410 e. The van der Waals surface area contributed by atoms with E-state index in [1.165, 1.54) is 4.90 Å². The zero-order chi connectivity index (χ0) is 43.6. The van der Waals surface area contributed by atoms with Crippen molar-refractivity contribution in [3.05, 3.63) is 114 Å². The molecule has 0 bridgehead atoms. The lowest BCUT2D eigenvalue weighted by molar-refractivity contribution is -0.255. The molecule has 1 heterocycles. The Labute approximate surface area is 372 Å². The molecule has 3 aromatic carbocycles. The minimum atomic E-state index is -1.36. The summed E-state index contributed by atoms with van der Waals surface area (Å²) in [6, 6.07) is 25.6. The Balaban J connectivity index is 1.41. The summed E-state index contributed by atoms with van der Waals surface area (Å²) in [6.07, 6.45) is 9.35. The van der Waals surface area contributed by atoms with E-state index in [1.807, 2.05) is 74.5 Å². The van der Waals surface area contributed by atoms with Crippen molar-refractivity contribution in [3.8, 4) is 11.5 Å². The number of oxime groups is 1. The zero-order valence-electron chi connectivity index (χ0n) is 36.5. The van der Waals surface area contributed by atoms with Gasteiger partial charge in [-0.3, -0.25) is 4.90 Å². The first-order valence-corrected chi connectivity index (χ1v) is 23.5. The van der Waals surface area contributed by atoms with Crippen molar-refractivity contribution in [1.29, 1.82) is 0 Å². The number of ether oxygens (including phenoxy) is 5. The first-order valence-electron chi connectivity index (χ1n) is 22.5.